The van der Waals surface area contributed by atoms with E-state index in [2.05, 4.69) is 252 Å². The number of nitrogens with zero attached hydrogens (tertiary/aromatic N) is 2. The van der Waals surface area contributed by atoms with E-state index in [0.717, 1.165) is 11.4 Å². The van der Waals surface area contributed by atoms with Crippen molar-refractivity contribution in [1.82, 2.24) is 9.13 Å². The Kier molecular flexibility index (Phi) is 7.81. The second-order valence-electron chi connectivity index (χ2n) is 18.4. The van der Waals surface area contributed by atoms with Crippen molar-refractivity contribution >= 4 is 97.5 Å². The lowest BCUT2D eigenvalue weighted by Crippen LogP contribution is -1.95. The summed E-state index contributed by atoms with van der Waals surface area (Å²) < 4.78 is 4.85. The van der Waals surface area contributed by atoms with Crippen LogP contribution in [-0.4, -0.2) is 9.13 Å². The van der Waals surface area contributed by atoms with Crippen molar-refractivity contribution in [3.05, 3.63) is 243 Å². The van der Waals surface area contributed by atoms with Crippen LogP contribution in [0.15, 0.2) is 243 Å². The van der Waals surface area contributed by atoms with E-state index in [-0.39, 0.29) is 0 Å². The van der Waals surface area contributed by atoms with Crippen molar-refractivity contribution in [2.45, 2.75) is 0 Å². The number of hydrogen-bond acceptors (Lipinski definition) is 0. The van der Waals surface area contributed by atoms with Crippen LogP contribution < -0.4 is 0 Å². The van der Waals surface area contributed by atoms with Gasteiger partial charge in [0.15, 0.2) is 0 Å². The monoisotopic (exact) mass is 860 g/mol. The fourth-order valence-electron chi connectivity index (χ4n) is 11.9. The second-order valence-corrected chi connectivity index (χ2v) is 18.4. The van der Waals surface area contributed by atoms with Crippen LogP contribution in [-0.2, 0) is 0 Å². The van der Waals surface area contributed by atoms with E-state index in [1.54, 1.807) is 0 Å². The van der Waals surface area contributed by atoms with Crippen LogP contribution >= 0.6 is 0 Å². The summed E-state index contributed by atoms with van der Waals surface area (Å²) >= 11 is 0. The first-order valence-electron chi connectivity index (χ1n) is 23.6. The van der Waals surface area contributed by atoms with Crippen LogP contribution in [0, 0.1) is 0 Å². The molecule has 0 saturated carbocycles. The standard InChI is InChI=1S/C66H40N2/c1-3-18-46(19-4-1)67-60-29-9-7-22-50(60)52-35-33-43(38-62(52)67)48-24-13-27-54-57(48)40-58-49(44-34-36-53-51-23-8-10-30-61(51)68(63(53)39-44)47-20-5-2-6-21-47)25-14-28-55(58)66(54)59-37-45-17-11-15-41-31-32-42-16-12-26-56(59)65(42)64(41)45/h1-40H. The van der Waals surface area contributed by atoms with E-state index in [9.17, 15) is 0 Å². The Labute approximate surface area is 392 Å². The molecule has 314 valence electrons. The largest absolute Gasteiger partial charge is 0.309 e. The molecule has 0 aliphatic carbocycles. The Hall–Kier alpha value is -8.98. The molecule has 13 aromatic carbocycles. The molecule has 15 aromatic rings. The normalized spacial score (nSPS) is 12.1. The molecule has 0 amide bonds. The van der Waals surface area contributed by atoms with Crippen LogP contribution in [0.2, 0.25) is 0 Å². The average molecular weight is 861 g/mol. The van der Waals surface area contributed by atoms with E-state index in [1.165, 1.54) is 131 Å². The highest BCUT2D eigenvalue weighted by Gasteiger charge is 2.22. The van der Waals surface area contributed by atoms with Crippen molar-refractivity contribution < 1.29 is 0 Å². The second kappa shape index (κ2) is 14.3. The predicted molar refractivity (Wildman–Crippen MR) is 290 cm³/mol. The maximum Gasteiger partial charge on any atom is 0.0547 e. The van der Waals surface area contributed by atoms with Crippen LogP contribution in [0.3, 0.4) is 0 Å². The van der Waals surface area contributed by atoms with Gasteiger partial charge in [0.05, 0.1) is 22.1 Å². The third-order valence-corrected chi connectivity index (χ3v) is 14.8. The third kappa shape index (κ3) is 5.28. The zero-order chi connectivity index (χ0) is 44.5. The Morgan fingerprint density at radius 2 is 0.662 bits per heavy atom. The van der Waals surface area contributed by atoms with E-state index in [0.29, 0.717) is 0 Å². The summed E-state index contributed by atoms with van der Waals surface area (Å²) in [6.45, 7) is 0. The van der Waals surface area contributed by atoms with Gasteiger partial charge in [-0.05, 0) is 148 Å². The molecule has 0 N–H and O–H groups in total. The minimum absolute atomic E-state index is 1.16. The molecule has 0 radical (unpaired) electrons. The molecule has 15 rings (SSSR count). The molecule has 0 unspecified atom stereocenters. The summed E-state index contributed by atoms with van der Waals surface area (Å²) in [5, 5.41) is 17.7. The highest BCUT2D eigenvalue weighted by molar-refractivity contribution is 6.30. The van der Waals surface area contributed by atoms with Crippen LogP contribution in [0.25, 0.3) is 142 Å². The lowest BCUT2D eigenvalue weighted by atomic mass is 9.83. The van der Waals surface area contributed by atoms with Crippen molar-refractivity contribution in [1.29, 1.82) is 0 Å². The maximum atomic E-state index is 2.49. The summed E-state index contributed by atoms with van der Waals surface area (Å²) in [6, 6.07) is 90.4. The van der Waals surface area contributed by atoms with Crippen molar-refractivity contribution in [3.8, 4) is 44.8 Å². The predicted octanol–water partition coefficient (Wildman–Crippen LogP) is 18.1. The molecule has 2 nitrogen and oxygen atoms in total. The Bertz CT molecular complexity index is 4320. The van der Waals surface area contributed by atoms with E-state index in [1.807, 2.05) is 0 Å². The number of benzene rings is 13. The highest BCUT2D eigenvalue weighted by atomic mass is 15.0. The van der Waals surface area contributed by atoms with Gasteiger partial charge >= 0.3 is 0 Å². The van der Waals surface area contributed by atoms with Crippen LogP contribution in [0.4, 0.5) is 0 Å². The first-order chi connectivity index (χ1) is 33.7. The zero-order valence-corrected chi connectivity index (χ0v) is 37.0. The Balaban J connectivity index is 1.06. The molecule has 2 heteroatoms. The van der Waals surface area contributed by atoms with E-state index < -0.39 is 0 Å². The molecule has 0 atom stereocenters. The molecule has 0 aliphatic heterocycles. The fourth-order valence-corrected chi connectivity index (χ4v) is 11.9. The molecule has 2 heterocycles. The van der Waals surface area contributed by atoms with Crippen LogP contribution in [0.5, 0.6) is 0 Å². The Morgan fingerprint density at radius 3 is 1.24 bits per heavy atom. The Morgan fingerprint density at radius 1 is 0.221 bits per heavy atom. The number of hydrogen-bond donors (Lipinski definition) is 0. The molecule has 0 aliphatic rings. The van der Waals surface area contributed by atoms with Gasteiger partial charge in [-0.25, -0.2) is 0 Å². The van der Waals surface area contributed by atoms with Crippen molar-refractivity contribution in [2.24, 2.45) is 0 Å². The first-order valence-corrected chi connectivity index (χ1v) is 23.6. The van der Waals surface area contributed by atoms with Gasteiger partial charge < -0.3 is 9.13 Å². The highest BCUT2D eigenvalue weighted by Crippen LogP contribution is 2.48. The summed E-state index contributed by atoms with van der Waals surface area (Å²) in [6.07, 6.45) is 0. The summed E-state index contributed by atoms with van der Waals surface area (Å²) in [5.74, 6) is 0. The topological polar surface area (TPSA) is 9.86 Å². The number of rotatable bonds is 5. The van der Waals surface area contributed by atoms with Crippen LogP contribution in [0.1, 0.15) is 0 Å². The molecule has 0 spiro atoms. The SMILES string of the molecule is c1ccc(-n2c3ccccc3c3ccc(-c4cccc5c(-c6cc7cccc8ccc9cccc6c9c87)c6cccc(-c7ccc8c9ccccc9n(-c9ccccc9)c8c7)c6cc45)cc32)cc1. The fraction of sp³-hybridized carbons (Fsp3) is 0. The first kappa shape index (κ1) is 37.3. The molecular formula is C66H40N2. The summed E-state index contributed by atoms with van der Waals surface area (Å²) in [7, 11) is 0. The maximum absolute atomic E-state index is 2.49. The van der Waals surface area contributed by atoms with Gasteiger partial charge in [-0.2, -0.15) is 0 Å². The van der Waals surface area contributed by atoms with Crippen molar-refractivity contribution in [2.75, 3.05) is 0 Å². The van der Waals surface area contributed by atoms with E-state index >= 15 is 0 Å². The van der Waals surface area contributed by atoms with Gasteiger partial charge in [0.1, 0.15) is 0 Å². The lowest BCUT2D eigenvalue weighted by molar-refractivity contribution is 1.18. The quantitative estimate of drug-likeness (QED) is 0.121. The average Bonchev–Trinajstić information content (AvgIpc) is 3.92. The van der Waals surface area contributed by atoms with Gasteiger partial charge in [0.25, 0.3) is 0 Å². The third-order valence-electron chi connectivity index (χ3n) is 14.8. The smallest absolute Gasteiger partial charge is 0.0547 e. The van der Waals surface area contributed by atoms with Gasteiger partial charge in [-0.1, -0.05) is 182 Å². The molecular weight excluding hydrogens is 821 g/mol. The minimum Gasteiger partial charge on any atom is -0.309 e. The van der Waals surface area contributed by atoms with Crippen molar-refractivity contribution in [3.63, 3.8) is 0 Å². The molecule has 2 aromatic heterocycles. The molecule has 0 bridgehead atoms. The lowest BCUT2D eigenvalue weighted by Gasteiger charge is -2.20. The minimum atomic E-state index is 1.16. The zero-order valence-electron chi connectivity index (χ0n) is 37.0. The van der Waals surface area contributed by atoms with Gasteiger partial charge in [-0.15, -0.1) is 0 Å². The van der Waals surface area contributed by atoms with Gasteiger partial charge in [-0.3, -0.25) is 0 Å². The number of para-hydroxylation sites is 4. The summed E-state index contributed by atoms with van der Waals surface area (Å²) in [4.78, 5) is 0. The molecule has 0 fully saturated rings. The van der Waals surface area contributed by atoms with E-state index in [4.69, 9.17) is 0 Å². The number of aromatic nitrogens is 2. The number of fused-ring (bicyclic) bond motifs is 8. The van der Waals surface area contributed by atoms with Gasteiger partial charge in [0, 0.05) is 32.9 Å². The van der Waals surface area contributed by atoms with Gasteiger partial charge in [0.2, 0.25) is 0 Å². The molecule has 0 saturated heterocycles. The summed E-state index contributed by atoms with van der Waals surface area (Å²) in [5.41, 5.74) is 14.4. The molecule has 68 heavy (non-hydrogen) atoms.